The van der Waals surface area contributed by atoms with Crippen molar-refractivity contribution in [2.24, 2.45) is 0 Å². The number of anilines is 1. The number of para-hydroxylation sites is 1. The van der Waals surface area contributed by atoms with Gasteiger partial charge < -0.3 is 5.32 Å². The zero-order valence-corrected chi connectivity index (χ0v) is 14.6. The highest BCUT2D eigenvalue weighted by Crippen LogP contribution is 2.27. The fourth-order valence-corrected chi connectivity index (χ4v) is 4.75. The Morgan fingerprint density at radius 2 is 1.91 bits per heavy atom. The second kappa shape index (κ2) is 6.59. The van der Waals surface area contributed by atoms with Crippen molar-refractivity contribution in [2.45, 2.75) is 17.4 Å². The van der Waals surface area contributed by atoms with E-state index in [9.17, 15) is 12.8 Å². The van der Waals surface area contributed by atoms with Crippen molar-refractivity contribution in [3.05, 3.63) is 58.8 Å². The summed E-state index contributed by atoms with van der Waals surface area (Å²) in [6.07, 6.45) is 0.684. The Morgan fingerprint density at radius 3 is 2.65 bits per heavy atom. The minimum atomic E-state index is -3.83. The Labute approximate surface area is 143 Å². The summed E-state index contributed by atoms with van der Waals surface area (Å²) in [5, 5.41) is 3.31. The van der Waals surface area contributed by atoms with Crippen molar-refractivity contribution >= 4 is 31.6 Å². The van der Waals surface area contributed by atoms with Gasteiger partial charge in [-0.3, -0.25) is 0 Å². The molecule has 7 heteroatoms. The summed E-state index contributed by atoms with van der Waals surface area (Å²) in [6.45, 7) is 0.696. The third kappa shape index (κ3) is 3.57. The summed E-state index contributed by atoms with van der Waals surface area (Å²) >= 11 is 3.19. The van der Waals surface area contributed by atoms with Crippen LogP contribution < -0.4 is 5.32 Å². The van der Waals surface area contributed by atoms with Gasteiger partial charge >= 0.3 is 0 Å². The molecule has 0 aromatic heterocycles. The topological polar surface area (TPSA) is 49.4 Å². The second-order valence-corrected chi connectivity index (χ2v) is 8.26. The predicted octanol–water partition coefficient (Wildman–Crippen LogP) is 3.46. The Morgan fingerprint density at radius 1 is 1.17 bits per heavy atom. The van der Waals surface area contributed by atoms with E-state index >= 15 is 0 Å². The van der Waals surface area contributed by atoms with Gasteiger partial charge in [0.1, 0.15) is 10.7 Å². The first kappa shape index (κ1) is 16.4. The summed E-state index contributed by atoms with van der Waals surface area (Å²) in [4.78, 5) is -0.285. The van der Waals surface area contributed by atoms with Crippen molar-refractivity contribution in [3.63, 3.8) is 0 Å². The van der Waals surface area contributed by atoms with Crippen molar-refractivity contribution in [2.75, 3.05) is 18.4 Å². The smallest absolute Gasteiger partial charge is 0.246 e. The lowest BCUT2D eigenvalue weighted by Gasteiger charge is -2.18. The fraction of sp³-hybridized carbons (Fsp3) is 0.250. The summed E-state index contributed by atoms with van der Waals surface area (Å²) in [5.41, 5.74) is 0.949. The number of benzene rings is 2. The molecule has 0 aliphatic carbocycles. The number of nitrogens with zero attached hydrogens (tertiary/aromatic N) is 1. The highest BCUT2D eigenvalue weighted by molar-refractivity contribution is 9.10. The highest BCUT2D eigenvalue weighted by atomic mass is 79.9. The Balaban J connectivity index is 1.76. The van der Waals surface area contributed by atoms with E-state index in [1.807, 2.05) is 30.3 Å². The molecule has 0 bridgehead atoms. The van der Waals surface area contributed by atoms with Crippen LogP contribution in [0.5, 0.6) is 0 Å². The quantitative estimate of drug-likeness (QED) is 0.857. The summed E-state index contributed by atoms with van der Waals surface area (Å²) in [6, 6.07) is 13.6. The molecule has 23 heavy (non-hydrogen) atoms. The molecule has 4 nitrogen and oxygen atoms in total. The maximum Gasteiger partial charge on any atom is 0.246 e. The molecule has 1 aliphatic heterocycles. The molecule has 0 spiro atoms. The van der Waals surface area contributed by atoms with Gasteiger partial charge in [0.2, 0.25) is 10.0 Å². The molecule has 1 aliphatic rings. The van der Waals surface area contributed by atoms with Gasteiger partial charge in [-0.05, 0) is 36.8 Å². The van der Waals surface area contributed by atoms with Gasteiger partial charge in [-0.1, -0.05) is 34.1 Å². The van der Waals surface area contributed by atoms with Gasteiger partial charge in [-0.15, -0.1) is 0 Å². The molecular formula is C16H16BrFN2O2S. The second-order valence-electron chi connectivity index (χ2n) is 5.43. The maximum absolute atomic E-state index is 13.9. The van der Waals surface area contributed by atoms with Crippen LogP contribution >= 0.6 is 15.9 Å². The van der Waals surface area contributed by atoms with Gasteiger partial charge in [-0.2, -0.15) is 4.31 Å². The van der Waals surface area contributed by atoms with E-state index in [-0.39, 0.29) is 10.9 Å². The van der Waals surface area contributed by atoms with Crippen LogP contribution in [0.15, 0.2) is 57.9 Å². The molecule has 2 aromatic carbocycles. The van der Waals surface area contributed by atoms with E-state index in [4.69, 9.17) is 0 Å². The molecule has 3 rings (SSSR count). The molecule has 0 amide bonds. The van der Waals surface area contributed by atoms with Crippen LogP contribution in [0.2, 0.25) is 0 Å². The molecule has 122 valence electrons. The van der Waals surface area contributed by atoms with E-state index in [1.165, 1.54) is 16.4 Å². The first-order valence-corrected chi connectivity index (χ1v) is 9.47. The summed E-state index contributed by atoms with van der Waals surface area (Å²) in [7, 11) is -3.83. The molecule has 0 unspecified atom stereocenters. The first-order valence-electron chi connectivity index (χ1n) is 7.23. The lowest BCUT2D eigenvalue weighted by atomic mass is 10.2. The molecule has 1 saturated heterocycles. The maximum atomic E-state index is 13.9. The van der Waals surface area contributed by atoms with Crippen LogP contribution in [0.1, 0.15) is 6.42 Å². The Kier molecular flexibility index (Phi) is 4.70. The average molecular weight is 399 g/mol. The van der Waals surface area contributed by atoms with E-state index in [2.05, 4.69) is 21.2 Å². The van der Waals surface area contributed by atoms with Crippen molar-refractivity contribution in [1.29, 1.82) is 0 Å². The fourth-order valence-electron chi connectivity index (χ4n) is 2.65. The standard InChI is InChI=1S/C16H16BrFN2O2S/c17-12-6-7-15(18)16(10-12)23(21,22)20-9-8-14(11-20)19-13-4-2-1-3-5-13/h1-7,10,14,19H,8-9,11H2/t14-/m0/s1. The zero-order valence-electron chi connectivity index (χ0n) is 12.2. The van der Waals surface area contributed by atoms with Gasteiger partial charge in [-0.25, -0.2) is 12.8 Å². The van der Waals surface area contributed by atoms with Crippen molar-refractivity contribution in [3.8, 4) is 0 Å². The number of sulfonamides is 1. The van der Waals surface area contributed by atoms with Crippen LogP contribution in [0.3, 0.4) is 0 Å². The molecule has 1 heterocycles. The van der Waals surface area contributed by atoms with Gasteiger partial charge in [0.15, 0.2) is 0 Å². The average Bonchev–Trinajstić information content (AvgIpc) is 3.00. The van der Waals surface area contributed by atoms with E-state index in [0.717, 1.165) is 11.8 Å². The highest BCUT2D eigenvalue weighted by Gasteiger charge is 2.34. The Bertz CT molecular complexity index is 799. The third-order valence-electron chi connectivity index (χ3n) is 3.81. The number of nitrogens with one attached hydrogen (secondary N) is 1. The van der Waals surface area contributed by atoms with Gasteiger partial charge in [0.05, 0.1) is 0 Å². The molecule has 0 radical (unpaired) electrons. The summed E-state index contributed by atoms with van der Waals surface area (Å²) in [5.74, 6) is -0.729. The van der Waals surface area contributed by atoms with Gasteiger partial charge in [0.25, 0.3) is 0 Å². The number of rotatable bonds is 4. The summed E-state index contributed by atoms with van der Waals surface area (Å²) < 4.78 is 41.1. The number of halogens is 2. The van der Waals surface area contributed by atoms with Gasteiger partial charge in [0, 0.05) is 29.3 Å². The molecule has 0 saturated carbocycles. The normalized spacial score (nSPS) is 19.0. The van der Waals surface area contributed by atoms with Crippen LogP contribution in [-0.4, -0.2) is 31.9 Å². The van der Waals surface area contributed by atoms with Crippen LogP contribution in [0, 0.1) is 5.82 Å². The zero-order chi connectivity index (χ0) is 16.4. The molecule has 1 fully saturated rings. The minimum absolute atomic E-state index is 0.0161. The molecule has 1 N–H and O–H groups in total. The van der Waals surface area contributed by atoms with Crippen LogP contribution in [-0.2, 0) is 10.0 Å². The predicted molar refractivity (Wildman–Crippen MR) is 91.3 cm³/mol. The van der Waals surface area contributed by atoms with Crippen LogP contribution in [0.25, 0.3) is 0 Å². The molecule has 2 aromatic rings. The van der Waals surface area contributed by atoms with Crippen molar-refractivity contribution < 1.29 is 12.8 Å². The first-order chi connectivity index (χ1) is 11.0. The van der Waals surface area contributed by atoms with Crippen LogP contribution in [0.4, 0.5) is 10.1 Å². The lowest BCUT2D eigenvalue weighted by Crippen LogP contribution is -2.32. The Hall–Kier alpha value is -1.44. The van der Waals surface area contributed by atoms with Crippen molar-refractivity contribution in [1.82, 2.24) is 4.31 Å². The SMILES string of the molecule is O=S(=O)(c1cc(Br)ccc1F)N1CC[C@H](Nc2ccccc2)C1. The molecular weight excluding hydrogens is 383 g/mol. The lowest BCUT2D eigenvalue weighted by molar-refractivity contribution is 0.467. The number of hydrogen-bond donors (Lipinski definition) is 1. The van der Waals surface area contributed by atoms with E-state index in [1.54, 1.807) is 0 Å². The van der Waals surface area contributed by atoms with E-state index in [0.29, 0.717) is 24.0 Å². The molecule has 1 atom stereocenters. The minimum Gasteiger partial charge on any atom is -0.381 e. The number of hydrogen-bond acceptors (Lipinski definition) is 3. The third-order valence-corrected chi connectivity index (χ3v) is 6.18. The van der Waals surface area contributed by atoms with E-state index < -0.39 is 15.8 Å². The monoisotopic (exact) mass is 398 g/mol. The largest absolute Gasteiger partial charge is 0.381 e.